The summed E-state index contributed by atoms with van der Waals surface area (Å²) in [5.41, 5.74) is 2.91. The lowest BCUT2D eigenvalue weighted by molar-refractivity contribution is 0.0734. The zero-order valence-corrected chi connectivity index (χ0v) is 14.0. The maximum atomic E-state index is 12.1. The molecular weight excluding hydrogens is 316 g/mol. The SMILES string of the molecule is O=C(Oc1ccc(C(CS)c2ccccc2)cc1)c1ccccc1. The number of esters is 1. The van der Waals surface area contributed by atoms with Gasteiger partial charge in [0.1, 0.15) is 5.75 Å². The third-order valence-electron chi connectivity index (χ3n) is 3.89. The quantitative estimate of drug-likeness (QED) is 0.405. The molecule has 0 aliphatic rings. The van der Waals surface area contributed by atoms with Gasteiger partial charge in [-0.15, -0.1) is 0 Å². The molecule has 24 heavy (non-hydrogen) atoms. The van der Waals surface area contributed by atoms with E-state index < -0.39 is 0 Å². The summed E-state index contributed by atoms with van der Waals surface area (Å²) >= 11 is 4.48. The molecule has 0 aliphatic carbocycles. The Hall–Kier alpha value is -2.52. The lowest BCUT2D eigenvalue weighted by atomic mass is 9.93. The van der Waals surface area contributed by atoms with E-state index in [-0.39, 0.29) is 11.9 Å². The molecule has 2 nitrogen and oxygen atoms in total. The summed E-state index contributed by atoms with van der Waals surface area (Å²) in [7, 11) is 0. The van der Waals surface area contributed by atoms with Gasteiger partial charge in [-0.3, -0.25) is 0 Å². The maximum absolute atomic E-state index is 12.1. The van der Waals surface area contributed by atoms with Crippen LogP contribution in [0.5, 0.6) is 5.75 Å². The van der Waals surface area contributed by atoms with Crippen LogP contribution in [0.3, 0.4) is 0 Å². The Morgan fingerprint density at radius 2 is 1.33 bits per heavy atom. The first-order valence-electron chi connectivity index (χ1n) is 7.81. The van der Waals surface area contributed by atoms with E-state index in [0.29, 0.717) is 17.1 Å². The Morgan fingerprint density at radius 1 is 0.792 bits per heavy atom. The number of carbonyl (C=O) groups is 1. The zero-order chi connectivity index (χ0) is 16.8. The number of hydrogen-bond acceptors (Lipinski definition) is 3. The molecule has 120 valence electrons. The van der Waals surface area contributed by atoms with Crippen molar-refractivity contribution in [3.05, 3.63) is 102 Å². The Kier molecular flexibility index (Phi) is 5.34. The fourth-order valence-corrected chi connectivity index (χ4v) is 3.02. The number of thiol groups is 1. The maximum Gasteiger partial charge on any atom is 0.343 e. The molecule has 1 atom stereocenters. The highest BCUT2D eigenvalue weighted by Gasteiger charge is 2.13. The lowest BCUT2D eigenvalue weighted by Gasteiger charge is -2.16. The minimum absolute atomic E-state index is 0.216. The third kappa shape index (κ3) is 3.87. The standard InChI is InChI=1S/C21H18O2S/c22-21(18-9-5-2-6-10-18)23-19-13-11-17(12-14-19)20(15-24)16-7-3-1-4-8-16/h1-14,20,24H,15H2. The van der Waals surface area contributed by atoms with E-state index in [1.165, 1.54) is 5.56 Å². The molecule has 0 N–H and O–H groups in total. The van der Waals surface area contributed by atoms with Crippen LogP contribution in [0.25, 0.3) is 0 Å². The normalized spacial score (nSPS) is 11.7. The first-order valence-corrected chi connectivity index (χ1v) is 8.44. The Morgan fingerprint density at radius 3 is 1.92 bits per heavy atom. The molecule has 0 radical (unpaired) electrons. The number of hydrogen-bond donors (Lipinski definition) is 1. The summed E-state index contributed by atoms with van der Waals surface area (Å²) in [5, 5.41) is 0. The molecule has 0 aliphatic heterocycles. The molecule has 3 heteroatoms. The zero-order valence-electron chi connectivity index (χ0n) is 13.1. The Balaban J connectivity index is 1.74. The van der Waals surface area contributed by atoms with E-state index in [2.05, 4.69) is 24.8 Å². The van der Waals surface area contributed by atoms with Crippen LogP contribution in [-0.2, 0) is 0 Å². The highest BCUT2D eigenvalue weighted by atomic mass is 32.1. The minimum atomic E-state index is -0.350. The van der Waals surface area contributed by atoms with Gasteiger partial charge in [-0.1, -0.05) is 60.7 Å². The largest absolute Gasteiger partial charge is 0.423 e. The van der Waals surface area contributed by atoms with Crippen LogP contribution in [0.1, 0.15) is 27.4 Å². The second-order valence-corrected chi connectivity index (χ2v) is 5.84. The van der Waals surface area contributed by atoms with Crippen molar-refractivity contribution >= 4 is 18.6 Å². The van der Waals surface area contributed by atoms with Gasteiger partial charge in [-0.2, -0.15) is 12.6 Å². The fourth-order valence-electron chi connectivity index (χ4n) is 2.60. The van der Waals surface area contributed by atoms with Crippen molar-refractivity contribution in [2.75, 3.05) is 5.75 Å². The van der Waals surface area contributed by atoms with Crippen molar-refractivity contribution in [2.24, 2.45) is 0 Å². The molecule has 0 spiro atoms. The predicted molar refractivity (Wildman–Crippen MR) is 100.0 cm³/mol. The molecule has 1 unspecified atom stereocenters. The smallest absolute Gasteiger partial charge is 0.343 e. The van der Waals surface area contributed by atoms with E-state index in [1.54, 1.807) is 12.1 Å². The van der Waals surface area contributed by atoms with E-state index in [4.69, 9.17) is 4.74 Å². The van der Waals surface area contributed by atoms with Crippen molar-refractivity contribution in [3.63, 3.8) is 0 Å². The molecule has 0 saturated heterocycles. The molecule has 0 heterocycles. The van der Waals surface area contributed by atoms with E-state index >= 15 is 0 Å². The fraction of sp³-hybridized carbons (Fsp3) is 0.0952. The average molecular weight is 334 g/mol. The Bertz CT molecular complexity index is 783. The van der Waals surface area contributed by atoms with Crippen LogP contribution in [0.15, 0.2) is 84.9 Å². The van der Waals surface area contributed by atoms with Crippen molar-refractivity contribution in [1.29, 1.82) is 0 Å². The average Bonchev–Trinajstić information content (AvgIpc) is 2.65. The van der Waals surface area contributed by atoms with Crippen LogP contribution in [0.4, 0.5) is 0 Å². The molecule has 0 saturated carbocycles. The van der Waals surface area contributed by atoms with Crippen molar-refractivity contribution in [1.82, 2.24) is 0 Å². The third-order valence-corrected chi connectivity index (χ3v) is 4.25. The summed E-state index contributed by atoms with van der Waals surface area (Å²) in [6.07, 6.45) is 0. The molecule has 3 aromatic carbocycles. The van der Waals surface area contributed by atoms with Crippen LogP contribution < -0.4 is 4.74 Å². The van der Waals surface area contributed by atoms with Crippen molar-refractivity contribution < 1.29 is 9.53 Å². The predicted octanol–water partition coefficient (Wildman–Crippen LogP) is 4.97. The van der Waals surface area contributed by atoms with Crippen LogP contribution in [-0.4, -0.2) is 11.7 Å². The molecule has 3 aromatic rings. The first kappa shape index (κ1) is 16.3. The summed E-state index contributed by atoms with van der Waals surface area (Å²) in [4.78, 5) is 12.1. The first-order chi connectivity index (χ1) is 11.8. The van der Waals surface area contributed by atoms with Crippen molar-refractivity contribution in [3.8, 4) is 5.75 Å². The van der Waals surface area contributed by atoms with Gasteiger partial charge in [-0.25, -0.2) is 4.79 Å². The number of carbonyl (C=O) groups excluding carboxylic acids is 1. The second kappa shape index (κ2) is 7.84. The highest BCUT2D eigenvalue weighted by molar-refractivity contribution is 7.80. The molecule has 0 aromatic heterocycles. The number of ether oxygens (including phenoxy) is 1. The number of rotatable bonds is 5. The van der Waals surface area contributed by atoms with E-state index in [9.17, 15) is 4.79 Å². The summed E-state index contributed by atoms with van der Waals surface area (Å²) < 4.78 is 5.42. The van der Waals surface area contributed by atoms with Crippen LogP contribution >= 0.6 is 12.6 Å². The molecule has 0 amide bonds. The summed E-state index contributed by atoms with van der Waals surface area (Å²) in [6, 6.07) is 26.9. The van der Waals surface area contributed by atoms with Gasteiger partial charge in [-0.05, 0) is 35.4 Å². The highest BCUT2D eigenvalue weighted by Crippen LogP contribution is 2.27. The van der Waals surface area contributed by atoms with Gasteiger partial charge in [0.25, 0.3) is 0 Å². The van der Waals surface area contributed by atoms with Gasteiger partial charge in [0.05, 0.1) is 5.56 Å². The van der Waals surface area contributed by atoms with Crippen LogP contribution in [0, 0.1) is 0 Å². The van der Waals surface area contributed by atoms with E-state index in [0.717, 1.165) is 5.56 Å². The monoisotopic (exact) mass is 334 g/mol. The van der Waals surface area contributed by atoms with Crippen molar-refractivity contribution in [2.45, 2.75) is 5.92 Å². The summed E-state index contributed by atoms with van der Waals surface area (Å²) in [6.45, 7) is 0. The molecular formula is C21H18O2S. The number of benzene rings is 3. The lowest BCUT2D eigenvalue weighted by Crippen LogP contribution is -2.08. The van der Waals surface area contributed by atoms with Gasteiger partial charge in [0.2, 0.25) is 0 Å². The van der Waals surface area contributed by atoms with Gasteiger partial charge in [0.15, 0.2) is 0 Å². The molecule has 0 bridgehead atoms. The van der Waals surface area contributed by atoms with Crippen LogP contribution in [0.2, 0.25) is 0 Å². The minimum Gasteiger partial charge on any atom is -0.423 e. The van der Waals surface area contributed by atoms with Gasteiger partial charge < -0.3 is 4.74 Å². The van der Waals surface area contributed by atoms with E-state index in [1.807, 2.05) is 60.7 Å². The second-order valence-electron chi connectivity index (χ2n) is 5.47. The molecule has 0 fully saturated rings. The van der Waals surface area contributed by atoms with Gasteiger partial charge >= 0.3 is 5.97 Å². The molecule has 3 rings (SSSR count). The Labute approximate surface area is 147 Å². The van der Waals surface area contributed by atoms with Gasteiger partial charge in [0, 0.05) is 11.7 Å². The topological polar surface area (TPSA) is 26.3 Å². The summed E-state index contributed by atoms with van der Waals surface area (Å²) in [5.74, 6) is 1.12.